The molecule has 0 fully saturated rings. The van der Waals surface area contributed by atoms with Crippen molar-refractivity contribution in [3.05, 3.63) is 54.1 Å². The number of hydrogen-bond donors (Lipinski definition) is 1. The van der Waals surface area contributed by atoms with Gasteiger partial charge in [-0.3, -0.25) is 4.79 Å². The second-order valence-corrected chi connectivity index (χ2v) is 5.21. The van der Waals surface area contributed by atoms with Crippen LogP contribution in [0.25, 0.3) is 0 Å². The number of hydrogen-bond acceptors (Lipinski definition) is 3. The van der Waals surface area contributed by atoms with Gasteiger partial charge in [-0.1, -0.05) is 19.1 Å². The van der Waals surface area contributed by atoms with Crippen molar-refractivity contribution in [3.8, 4) is 11.5 Å². The third kappa shape index (κ3) is 5.02. The number of ether oxygens (including phenoxy) is 2. The zero-order valence-corrected chi connectivity index (χ0v) is 13.8. The molecule has 0 unspecified atom stereocenters. The normalized spacial score (nSPS) is 11.6. The van der Waals surface area contributed by atoms with Gasteiger partial charge in [0, 0.05) is 5.69 Å². The lowest BCUT2D eigenvalue weighted by molar-refractivity contribution is -0.122. The van der Waals surface area contributed by atoms with Crippen molar-refractivity contribution >= 4 is 11.6 Å². The highest BCUT2D eigenvalue weighted by molar-refractivity contribution is 5.94. The van der Waals surface area contributed by atoms with Gasteiger partial charge in [0.1, 0.15) is 11.5 Å². The van der Waals surface area contributed by atoms with E-state index in [1.807, 2.05) is 55.5 Å². The van der Waals surface area contributed by atoms with E-state index in [1.54, 1.807) is 6.92 Å². The topological polar surface area (TPSA) is 47.6 Å². The lowest BCUT2D eigenvalue weighted by atomic mass is 10.2. The second kappa shape index (κ2) is 8.22. The highest BCUT2D eigenvalue weighted by Crippen LogP contribution is 2.18. The minimum Gasteiger partial charge on any atom is -0.494 e. The maximum absolute atomic E-state index is 12.2. The number of nitrogens with one attached hydrogen (secondary N) is 1. The summed E-state index contributed by atoms with van der Waals surface area (Å²) in [6.45, 7) is 6.37. The van der Waals surface area contributed by atoms with Gasteiger partial charge in [0.15, 0.2) is 6.10 Å². The average molecular weight is 313 g/mol. The predicted octanol–water partition coefficient (Wildman–Crippen LogP) is 4.05. The smallest absolute Gasteiger partial charge is 0.265 e. The summed E-state index contributed by atoms with van der Waals surface area (Å²) in [5.41, 5.74) is 1.90. The summed E-state index contributed by atoms with van der Waals surface area (Å²) in [4.78, 5) is 12.2. The molecule has 0 aliphatic carbocycles. The van der Waals surface area contributed by atoms with Gasteiger partial charge in [0.05, 0.1) is 6.61 Å². The first kappa shape index (κ1) is 16.9. The van der Waals surface area contributed by atoms with Crippen LogP contribution in [0.5, 0.6) is 11.5 Å². The van der Waals surface area contributed by atoms with Gasteiger partial charge in [0.25, 0.3) is 5.91 Å². The zero-order chi connectivity index (χ0) is 16.7. The van der Waals surface area contributed by atoms with Crippen molar-refractivity contribution in [1.29, 1.82) is 0 Å². The molecule has 0 spiro atoms. The van der Waals surface area contributed by atoms with Crippen molar-refractivity contribution in [2.45, 2.75) is 33.3 Å². The molecule has 4 nitrogen and oxygen atoms in total. The molecule has 0 aromatic heterocycles. The quantitative estimate of drug-likeness (QED) is 0.838. The molecule has 0 saturated carbocycles. The van der Waals surface area contributed by atoms with E-state index < -0.39 is 6.10 Å². The largest absolute Gasteiger partial charge is 0.494 e. The minimum atomic E-state index is -0.575. The van der Waals surface area contributed by atoms with Gasteiger partial charge in [-0.25, -0.2) is 0 Å². The molecule has 23 heavy (non-hydrogen) atoms. The fourth-order valence-corrected chi connectivity index (χ4v) is 2.14. The minimum absolute atomic E-state index is 0.184. The number of rotatable bonds is 7. The molecule has 2 aromatic rings. The molecule has 1 atom stereocenters. The molecule has 0 bridgehead atoms. The first-order valence-electron chi connectivity index (χ1n) is 7.91. The molecular weight excluding hydrogens is 290 g/mol. The van der Waals surface area contributed by atoms with E-state index in [-0.39, 0.29) is 5.91 Å². The molecule has 0 saturated heterocycles. The summed E-state index contributed by atoms with van der Waals surface area (Å²) in [6.07, 6.45) is 0.359. The first-order chi connectivity index (χ1) is 11.1. The molecule has 2 aromatic carbocycles. The molecule has 1 N–H and O–H groups in total. The van der Waals surface area contributed by atoms with Crippen LogP contribution in [-0.2, 0) is 11.2 Å². The van der Waals surface area contributed by atoms with Crippen LogP contribution in [0.15, 0.2) is 48.5 Å². The van der Waals surface area contributed by atoms with E-state index in [9.17, 15) is 4.79 Å². The molecule has 2 rings (SSSR count). The van der Waals surface area contributed by atoms with Crippen LogP contribution in [-0.4, -0.2) is 18.6 Å². The summed E-state index contributed by atoms with van der Waals surface area (Å²) >= 11 is 0. The lowest BCUT2D eigenvalue weighted by Crippen LogP contribution is -2.30. The summed E-state index contributed by atoms with van der Waals surface area (Å²) in [5, 5.41) is 2.84. The van der Waals surface area contributed by atoms with Crippen molar-refractivity contribution in [1.82, 2.24) is 0 Å². The maximum atomic E-state index is 12.2. The van der Waals surface area contributed by atoms with Crippen LogP contribution in [0, 0.1) is 0 Å². The molecule has 0 aliphatic rings. The summed E-state index contributed by atoms with van der Waals surface area (Å²) < 4.78 is 11.1. The molecule has 122 valence electrons. The Morgan fingerprint density at radius 1 is 1.09 bits per heavy atom. The standard InChI is InChI=1S/C19H23NO3/c1-4-15-7-6-8-18(13-15)23-14(3)19(21)20-16-9-11-17(12-10-16)22-5-2/h6-14H,4-5H2,1-3H3,(H,20,21)/t14-/m0/s1. The second-order valence-electron chi connectivity index (χ2n) is 5.21. The number of carbonyl (C=O) groups is 1. The third-order valence-corrected chi connectivity index (χ3v) is 3.42. The SMILES string of the molecule is CCOc1ccc(NC(=O)[C@H](C)Oc2cccc(CC)c2)cc1. The van der Waals surface area contributed by atoms with Gasteiger partial charge in [0.2, 0.25) is 0 Å². The summed E-state index contributed by atoms with van der Waals surface area (Å²) in [7, 11) is 0. The van der Waals surface area contributed by atoms with E-state index >= 15 is 0 Å². The zero-order valence-electron chi connectivity index (χ0n) is 13.8. The van der Waals surface area contributed by atoms with Crippen LogP contribution < -0.4 is 14.8 Å². The maximum Gasteiger partial charge on any atom is 0.265 e. The van der Waals surface area contributed by atoms with Crippen LogP contribution in [0.3, 0.4) is 0 Å². The van der Waals surface area contributed by atoms with Gasteiger partial charge >= 0.3 is 0 Å². The molecule has 4 heteroatoms. The molecule has 0 heterocycles. The molecular formula is C19H23NO3. The van der Waals surface area contributed by atoms with Crippen LogP contribution >= 0.6 is 0 Å². The van der Waals surface area contributed by atoms with Crippen molar-refractivity contribution < 1.29 is 14.3 Å². The Morgan fingerprint density at radius 2 is 1.83 bits per heavy atom. The van der Waals surface area contributed by atoms with Crippen LogP contribution in [0.2, 0.25) is 0 Å². The molecule has 0 aliphatic heterocycles. The van der Waals surface area contributed by atoms with Crippen molar-refractivity contribution in [2.75, 3.05) is 11.9 Å². The summed E-state index contributed by atoms with van der Waals surface area (Å²) in [6, 6.07) is 15.1. The van der Waals surface area contributed by atoms with Crippen LogP contribution in [0.1, 0.15) is 26.3 Å². The number of carbonyl (C=O) groups excluding carboxylic acids is 1. The lowest BCUT2D eigenvalue weighted by Gasteiger charge is -2.15. The highest BCUT2D eigenvalue weighted by Gasteiger charge is 2.15. The van der Waals surface area contributed by atoms with E-state index in [4.69, 9.17) is 9.47 Å². The van der Waals surface area contributed by atoms with E-state index in [1.165, 1.54) is 5.56 Å². The van der Waals surface area contributed by atoms with E-state index in [0.29, 0.717) is 12.4 Å². The Bertz CT molecular complexity index is 637. The van der Waals surface area contributed by atoms with Gasteiger partial charge in [-0.2, -0.15) is 0 Å². The number of amides is 1. The Hall–Kier alpha value is -2.49. The average Bonchev–Trinajstić information content (AvgIpc) is 2.57. The van der Waals surface area contributed by atoms with E-state index in [2.05, 4.69) is 12.2 Å². The first-order valence-corrected chi connectivity index (χ1v) is 7.91. The third-order valence-electron chi connectivity index (χ3n) is 3.42. The monoisotopic (exact) mass is 313 g/mol. The molecule has 0 radical (unpaired) electrons. The number of aryl methyl sites for hydroxylation is 1. The van der Waals surface area contributed by atoms with Crippen LogP contribution in [0.4, 0.5) is 5.69 Å². The Morgan fingerprint density at radius 3 is 2.48 bits per heavy atom. The summed E-state index contributed by atoms with van der Waals surface area (Å²) in [5.74, 6) is 1.31. The van der Waals surface area contributed by atoms with E-state index in [0.717, 1.165) is 17.9 Å². The Balaban J connectivity index is 1.93. The fourth-order valence-electron chi connectivity index (χ4n) is 2.14. The van der Waals surface area contributed by atoms with Gasteiger partial charge in [-0.05, 0) is 62.2 Å². The Kier molecular flexibility index (Phi) is 6.03. The number of anilines is 1. The predicted molar refractivity (Wildman–Crippen MR) is 92.2 cm³/mol. The molecule has 1 amide bonds. The fraction of sp³-hybridized carbons (Fsp3) is 0.316. The van der Waals surface area contributed by atoms with Gasteiger partial charge in [-0.15, -0.1) is 0 Å². The highest BCUT2D eigenvalue weighted by atomic mass is 16.5. The Labute approximate surface area is 137 Å². The number of benzene rings is 2. The van der Waals surface area contributed by atoms with Gasteiger partial charge < -0.3 is 14.8 Å². The van der Waals surface area contributed by atoms with Crippen molar-refractivity contribution in [2.24, 2.45) is 0 Å². The van der Waals surface area contributed by atoms with Crippen molar-refractivity contribution in [3.63, 3.8) is 0 Å².